The highest BCUT2D eigenvalue weighted by molar-refractivity contribution is 8.18. The predicted molar refractivity (Wildman–Crippen MR) is 105 cm³/mol. The molecule has 1 aromatic heterocycles. The predicted octanol–water partition coefficient (Wildman–Crippen LogP) is 4.55. The van der Waals surface area contributed by atoms with Crippen LogP contribution in [-0.2, 0) is 4.79 Å². The van der Waals surface area contributed by atoms with Crippen molar-refractivity contribution in [2.45, 2.75) is 33.7 Å². The largest absolute Gasteiger partial charge is 0.497 e. The van der Waals surface area contributed by atoms with E-state index in [1.165, 1.54) is 4.90 Å². The van der Waals surface area contributed by atoms with E-state index in [2.05, 4.69) is 4.57 Å². The van der Waals surface area contributed by atoms with Crippen molar-refractivity contribution in [3.8, 4) is 11.4 Å². The molecule has 5 nitrogen and oxygen atoms in total. The summed E-state index contributed by atoms with van der Waals surface area (Å²) in [7, 11) is 1.64. The van der Waals surface area contributed by atoms with Gasteiger partial charge in [-0.25, -0.2) is 0 Å². The Kier molecular flexibility index (Phi) is 4.96. The summed E-state index contributed by atoms with van der Waals surface area (Å²) < 4.78 is 7.34. The lowest BCUT2D eigenvalue weighted by molar-refractivity contribution is -0.123. The number of rotatable bonds is 4. The Morgan fingerprint density at radius 2 is 1.77 bits per heavy atom. The number of aromatic nitrogens is 1. The van der Waals surface area contributed by atoms with E-state index in [0.717, 1.165) is 40.2 Å². The number of ether oxygens (including phenoxy) is 1. The first-order valence-corrected chi connectivity index (χ1v) is 9.25. The third-order valence-electron chi connectivity index (χ3n) is 4.43. The lowest BCUT2D eigenvalue weighted by Gasteiger charge is -2.16. The van der Waals surface area contributed by atoms with Gasteiger partial charge in [-0.15, -0.1) is 0 Å². The summed E-state index contributed by atoms with van der Waals surface area (Å²) in [6.45, 7) is 7.72. The molecule has 2 aromatic rings. The molecule has 0 saturated carbocycles. The minimum Gasteiger partial charge on any atom is -0.497 e. The molecule has 1 aromatic carbocycles. The van der Waals surface area contributed by atoms with Crippen LogP contribution in [-0.4, -0.2) is 33.8 Å². The number of nitrogens with zero attached hydrogens (tertiary/aromatic N) is 2. The van der Waals surface area contributed by atoms with E-state index in [9.17, 15) is 9.59 Å². The van der Waals surface area contributed by atoms with Gasteiger partial charge in [-0.05, 0) is 81.4 Å². The standard InChI is InChI=1S/C20H22N2O3S/c1-12(2)21-19(23)18(26-20(21)24)11-15-10-13(3)22(14(15)4)16-6-8-17(25-5)9-7-16/h6-12H,1-5H3. The number of carbonyl (C=O) groups excluding carboxylic acids is 2. The van der Waals surface area contributed by atoms with Crippen molar-refractivity contribution < 1.29 is 14.3 Å². The van der Waals surface area contributed by atoms with Crippen molar-refractivity contribution >= 4 is 29.0 Å². The van der Waals surface area contributed by atoms with Gasteiger partial charge in [-0.2, -0.15) is 0 Å². The zero-order chi connectivity index (χ0) is 19.0. The van der Waals surface area contributed by atoms with E-state index in [0.29, 0.717) is 4.91 Å². The first-order chi connectivity index (χ1) is 12.3. The summed E-state index contributed by atoms with van der Waals surface area (Å²) in [5.74, 6) is 0.586. The molecule has 0 unspecified atom stereocenters. The SMILES string of the molecule is COc1ccc(-n2c(C)cc(C=C3SC(=O)N(C(C)C)C3=O)c2C)cc1. The fourth-order valence-electron chi connectivity index (χ4n) is 3.13. The number of carbonyl (C=O) groups is 2. The maximum Gasteiger partial charge on any atom is 0.293 e. The lowest BCUT2D eigenvalue weighted by atomic mass is 10.2. The van der Waals surface area contributed by atoms with Gasteiger partial charge in [0.15, 0.2) is 0 Å². The molecule has 0 radical (unpaired) electrons. The van der Waals surface area contributed by atoms with Gasteiger partial charge in [0.05, 0.1) is 12.0 Å². The molecule has 1 fully saturated rings. The molecule has 0 spiro atoms. The van der Waals surface area contributed by atoms with E-state index in [1.807, 2.05) is 64.1 Å². The fraction of sp³-hybridized carbons (Fsp3) is 0.300. The first kappa shape index (κ1) is 18.3. The molecule has 6 heteroatoms. The molecule has 0 aliphatic carbocycles. The number of methoxy groups -OCH3 is 1. The van der Waals surface area contributed by atoms with E-state index in [4.69, 9.17) is 4.74 Å². The van der Waals surface area contributed by atoms with Crippen LogP contribution in [0.2, 0.25) is 0 Å². The quantitative estimate of drug-likeness (QED) is 0.741. The van der Waals surface area contributed by atoms with Gasteiger partial charge in [0.25, 0.3) is 11.1 Å². The number of thioether (sulfide) groups is 1. The topological polar surface area (TPSA) is 51.5 Å². The molecule has 136 valence electrons. The van der Waals surface area contributed by atoms with E-state index < -0.39 is 0 Å². The Morgan fingerprint density at radius 3 is 2.31 bits per heavy atom. The molecule has 2 heterocycles. The summed E-state index contributed by atoms with van der Waals surface area (Å²) in [5, 5.41) is -0.208. The maximum absolute atomic E-state index is 12.5. The highest BCUT2D eigenvalue weighted by Crippen LogP contribution is 2.34. The van der Waals surface area contributed by atoms with Gasteiger partial charge >= 0.3 is 0 Å². The molecule has 0 N–H and O–H groups in total. The molecular formula is C20H22N2O3S. The smallest absolute Gasteiger partial charge is 0.293 e. The second-order valence-electron chi connectivity index (χ2n) is 6.51. The molecule has 1 aliphatic heterocycles. The van der Waals surface area contributed by atoms with E-state index in [-0.39, 0.29) is 17.2 Å². The summed E-state index contributed by atoms with van der Waals surface area (Å²) in [5.41, 5.74) is 4.04. The molecule has 1 saturated heterocycles. The second kappa shape index (κ2) is 7.03. The van der Waals surface area contributed by atoms with Crippen LogP contribution in [0, 0.1) is 13.8 Å². The lowest BCUT2D eigenvalue weighted by Crippen LogP contribution is -2.34. The van der Waals surface area contributed by atoms with Crippen molar-refractivity contribution in [1.29, 1.82) is 0 Å². The molecule has 0 atom stereocenters. The molecule has 26 heavy (non-hydrogen) atoms. The van der Waals surface area contributed by atoms with Crippen molar-refractivity contribution in [3.05, 3.63) is 52.2 Å². The minimum atomic E-state index is -0.218. The van der Waals surface area contributed by atoms with Gasteiger partial charge in [0.1, 0.15) is 5.75 Å². The zero-order valence-corrected chi connectivity index (χ0v) is 16.4. The maximum atomic E-state index is 12.5. The van der Waals surface area contributed by atoms with E-state index in [1.54, 1.807) is 7.11 Å². The Balaban J connectivity index is 1.98. The molecule has 2 amide bonds. The van der Waals surface area contributed by atoms with Crippen LogP contribution < -0.4 is 4.74 Å². The van der Waals surface area contributed by atoms with Crippen molar-refractivity contribution in [3.63, 3.8) is 0 Å². The Labute approximate surface area is 157 Å². The van der Waals surface area contributed by atoms with Crippen molar-refractivity contribution in [2.24, 2.45) is 0 Å². The Bertz CT molecular complexity index is 895. The third kappa shape index (κ3) is 3.17. The average Bonchev–Trinajstić information content (AvgIpc) is 3.03. The van der Waals surface area contributed by atoms with Gasteiger partial charge in [-0.1, -0.05) is 0 Å². The second-order valence-corrected chi connectivity index (χ2v) is 7.50. The number of amides is 2. The molecule has 1 aliphatic rings. The number of aryl methyl sites for hydroxylation is 1. The van der Waals surface area contributed by atoms with Crippen LogP contribution in [0.25, 0.3) is 11.8 Å². The van der Waals surface area contributed by atoms with Crippen LogP contribution >= 0.6 is 11.8 Å². The van der Waals surface area contributed by atoms with Crippen LogP contribution in [0.3, 0.4) is 0 Å². The van der Waals surface area contributed by atoms with Crippen LogP contribution in [0.15, 0.2) is 35.2 Å². The Hall–Kier alpha value is -2.47. The van der Waals surface area contributed by atoms with Gasteiger partial charge in [0.2, 0.25) is 0 Å². The van der Waals surface area contributed by atoms with Gasteiger partial charge in [-0.3, -0.25) is 14.5 Å². The Morgan fingerprint density at radius 1 is 1.12 bits per heavy atom. The molecular weight excluding hydrogens is 348 g/mol. The van der Waals surface area contributed by atoms with Gasteiger partial charge in [0, 0.05) is 23.1 Å². The molecule has 0 bridgehead atoms. The number of imide groups is 1. The summed E-state index contributed by atoms with van der Waals surface area (Å²) >= 11 is 1.00. The van der Waals surface area contributed by atoms with Crippen molar-refractivity contribution in [2.75, 3.05) is 7.11 Å². The number of hydrogen-bond donors (Lipinski definition) is 0. The van der Waals surface area contributed by atoms with Crippen molar-refractivity contribution in [1.82, 2.24) is 9.47 Å². The summed E-state index contributed by atoms with van der Waals surface area (Å²) in [6, 6.07) is 9.72. The van der Waals surface area contributed by atoms with Gasteiger partial charge < -0.3 is 9.30 Å². The summed E-state index contributed by atoms with van der Waals surface area (Å²) in [4.78, 5) is 26.4. The highest BCUT2D eigenvalue weighted by atomic mass is 32.2. The van der Waals surface area contributed by atoms with E-state index >= 15 is 0 Å². The van der Waals surface area contributed by atoms with Crippen LogP contribution in [0.4, 0.5) is 4.79 Å². The zero-order valence-electron chi connectivity index (χ0n) is 15.6. The fourth-order valence-corrected chi connectivity index (χ4v) is 4.08. The normalized spacial score (nSPS) is 16.2. The average molecular weight is 370 g/mol. The van der Waals surface area contributed by atoms with Crippen LogP contribution in [0.5, 0.6) is 5.75 Å². The minimum absolute atomic E-state index is 0.139. The molecule has 3 rings (SSSR count). The monoisotopic (exact) mass is 370 g/mol. The number of benzene rings is 1. The third-order valence-corrected chi connectivity index (χ3v) is 5.31. The van der Waals surface area contributed by atoms with Crippen LogP contribution in [0.1, 0.15) is 30.8 Å². The number of hydrogen-bond acceptors (Lipinski definition) is 4. The highest BCUT2D eigenvalue weighted by Gasteiger charge is 2.36. The summed E-state index contributed by atoms with van der Waals surface area (Å²) in [6.07, 6.45) is 1.82. The first-order valence-electron chi connectivity index (χ1n) is 8.44.